The molecule has 0 spiro atoms. The first-order valence-corrected chi connectivity index (χ1v) is 8.73. The number of aliphatic imine (C=N–C) groups is 1. The van der Waals surface area contributed by atoms with E-state index in [1.54, 1.807) is 19.2 Å². The van der Waals surface area contributed by atoms with Crippen molar-refractivity contribution in [3.8, 4) is 0 Å². The van der Waals surface area contributed by atoms with Crippen LogP contribution in [0.4, 0.5) is 4.39 Å². The van der Waals surface area contributed by atoms with Crippen LogP contribution in [0.3, 0.4) is 0 Å². The Morgan fingerprint density at radius 3 is 2.67 bits per heavy atom. The second-order valence-electron chi connectivity index (χ2n) is 5.25. The predicted molar refractivity (Wildman–Crippen MR) is 96.4 cm³/mol. The second-order valence-corrected chi connectivity index (χ2v) is 6.17. The van der Waals surface area contributed by atoms with Crippen LogP contribution >= 0.6 is 15.9 Å². The zero-order valence-electron chi connectivity index (χ0n) is 14.1. The first-order valence-electron chi connectivity index (χ1n) is 7.93. The minimum atomic E-state index is -0.248. The third-order valence-electron chi connectivity index (χ3n) is 3.72. The molecule has 5 nitrogen and oxygen atoms in total. The summed E-state index contributed by atoms with van der Waals surface area (Å²) in [4.78, 5) is 4.17. The second kappa shape index (κ2) is 8.82. The average molecular weight is 397 g/mol. The van der Waals surface area contributed by atoms with E-state index in [-0.39, 0.29) is 5.82 Å². The topological polar surface area (TPSA) is 62.5 Å². The first-order chi connectivity index (χ1) is 11.6. The van der Waals surface area contributed by atoms with Gasteiger partial charge < -0.3 is 15.2 Å². The van der Waals surface area contributed by atoms with Crippen molar-refractivity contribution in [3.05, 3.63) is 51.1 Å². The highest BCUT2D eigenvalue weighted by atomic mass is 79.9. The van der Waals surface area contributed by atoms with Gasteiger partial charge in [0.15, 0.2) is 5.96 Å². The van der Waals surface area contributed by atoms with Gasteiger partial charge in [-0.2, -0.15) is 0 Å². The molecule has 0 fully saturated rings. The number of halogens is 2. The fourth-order valence-corrected chi connectivity index (χ4v) is 2.80. The van der Waals surface area contributed by atoms with Gasteiger partial charge in [-0.05, 0) is 24.6 Å². The maximum absolute atomic E-state index is 13.8. The minimum Gasteiger partial charge on any atom is -0.361 e. The fourth-order valence-electron chi connectivity index (χ4n) is 2.39. The van der Waals surface area contributed by atoms with E-state index in [0.29, 0.717) is 24.6 Å². The molecule has 1 heterocycles. The molecule has 0 saturated heterocycles. The van der Waals surface area contributed by atoms with Crippen LogP contribution in [0.15, 0.2) is 32.2 Å². The van der Waals surface area contributed by atoms with Crippen molar-refractivity contribution >= 4 is 21.9 Å². The minimum absolute atomic E-state index is 0.248. The molecule has 7 heteroatoms. The van der Waals surface area contributed by atoms with Crippen molar-refractivity contribution in [1.82, 2.24) is 15.8 Å². The standard InChI is InChI=1S/C17H22BrFN4O/c1-4-15-13(16(5-2)24-23-15)10-22-17(20-3)21-9-11-8-12(18)6-7-14(11)19/h6-8H,4-5,9-10H2,1-3H3,(H2,20,21,22). The van der Waals surface area contributed by atoms with Crippen molar-refractivity contribution < 1.29 is 8.91 Å². The highest BCUT2D eigenvalue weighted by Crippen LogP contribution is 2.16. The molecule has 1 aromatic carbocycles. The summed E-state index contributed by atoms with van der Waals surface area (Å²) in [5, 5.41) is 10.4. The number of rotatable bonds is 6. The lowest BCUT2D eigenvalue weighted by atomic mass is 10.1. The van der Waals surface area contributed by atoms with Gasteiger partial charge in [0, 0.05) is 42.2 Å². The zero-order chi connectivity index (χ0) is 17.5. The Hall–Kier alpha value is -1.89. The van der Waals surface area contributed by atoms with Gasteiger partial charge in [-0.15, -0.1) is 0 Å². The molecule has 0 radical (unpaired) electrons. The highest BCUT2D eigenvalue weighted by Gasteiger charge is 2.13. The number of hydrogen-bond donors (Lipinski definition) is 2. The van der Waals surface area contributed by atoms with Crippen LogP contribution in [0.5, 0.6) is 0 Å². The van der Waals surface area contributed by atoms with Gasteiger partial charge in [-0.1, -0.05) is 34.9 Å². The van der Waals surface area contributed by atoms with Gasteiger partial charge in [-0.3, -0.25) is 4.99 Å². The summed E-state index contributed by atoms with van der Waals surface area (Å²) < 4.78 is 20.0. The van der Waals surface area contributed by atoms with Gasteiger partial charge in [-0.25, -0.2) is 4.39 Å². The molecular weight excluding hydrogens is 375 g/mol. The Morgan fingerprint density at radius 2 is 2.00 bits per heavy atom. The van der Waals surface area contributed by atoms with E-state index in [4.69, 9.17) is 4.52 Å². The summed E-state index contributed by atoms with van der Waals surface area (Å²) >= 11 is 3.35. The largest absolute Gasteiger partial charge is 0.361 e. The van der Waals surface area contributed by atoms with Crippen LogP contribution in [0, 0.1) is 5.82 Å². The molecule has 0 bridgehead atoms. The summed E-state index contributed by atoms with van der Waals surface area (Å²) in [5.74, 6) is 1.23. The first kappa shape index (κ1) is 18.4. The smallest absolute Gasteiger partial charge is 0.191 e. The zero-order valence-corrected chi connectivity index (χ0v) is 15.7. The van der Waals surface area contributed by atoms with E-state index in [0.717, 1.165) is 34.3 Å². The van der Waals surface area contributed by atoms with Gasteiger partial charge >= 0.3 is 0 Å². The molecular formula is C17H22BrFN4O. The molecule has 130 valence electrons. The molecule has 24 heavy (non-hydrogen) atoms. The lowest BCUT2D eigenvalue weighted by molar-refractivity contribution is 0.380. The van der Waals surface area contributed by atoms with Crippen molar-refractivity contribution in [1.29, 1.82) is 0 Å². The summed E-state index contributed by atoms with van der Waals surface area (Å²) in [6.07, 6.45) is 1.61. The molecule has 0 unspecified atom stereocenters. The van der Waals surface area contributed by atoms with Crippen LogP contribution in [0.25, 0.3) is 0 Å². The normalized spacial score (nSPS) is 11.6. The van der Waals surface area contributed by atoms with Crippen molar-refractivity contribution in [2.24, 2.45) is 4.99 Å². The van der Waals surface area contributed by atoms with E-state index in [2.05, 4.69) is 36.7 Å². The van der Waals surface area contributed by atoms with Gasteiger partial charge in [0.25, 0.3) is 0 Å². The Morgan fingerprint density at radius 1 is 1.25 bits per heavy atom. The van der Waals surface area contributed by atoms with Crippen molar-refractivity contribution in [2.75, 3.05) is 7.05 Å². The average Bonchev–Trinajstić information content (AvgIpc) is 2.99. The lowest BCUT2D eigenvalue weighted by Gasteiger charge is -2.13. The van der Waals surface area contributed by atoms with Crippen LogP contribution in [-0.2, 0) is 25.9 Å². The molecule has 0 atom stereocenters. The van der Waals surface area contributed by atoms with E-state index < -0.39 is 0 Å². The molecule has 1 aromatic heterocycles. The third kappa shape index (κ3) is 4.56. The monoisotopic (exact) mass is 396 g/mol. The molecule has 0 aliphatic heterocycles. The number of nitrogens with zero attached hydrogens (tertiary/aromatic N) is 2. The molecule has 0 aliphatic carbocycles. The molecule has 0 saturated carbocycles. The molecule has 0 aliphatic rings. The maximum Gasteiger partial charge on any atom is 0.191 e. The Kier molecular flexibility index (Phi) is 6.78. The number of aromatic nitrogens is 1. The summed E-state index contributed by atoms with van der Waals surface area (Å²) in [6.45, 7) is 4.99. The number of nitrogens with one attached hydrogen (secondary N) is 2. The SMILES string of the molecule is CCc1noc(CC)c1CNC(=NC)NCc1cc(Br)ccc1F. The quantitative estimate of drug-likeness (QED) is 0.578. The highest BCUT2D eigenvalue weighted by molar-refractivity contribution is 9.10. The predicted octanol–water partition coefficient (Wildman–Crippen LogP) is 3.57. The van der Waals surface area contributed by atoms with Gasteiger partial charge in [0.1, 0.15) is 11.6 Å². The number of benzene rings is 1. The van der Waals surface area contributed by atoms with E-state index in [1.807, 2.05) is 13.8 Å². The maximum atomic E-state index is 13.8. The Bertz CT molecular complexity index is 693. The number of guanidine groups is 1. The third-order valence-corrected chi connectivity index (χ3v) is 4.21. The van der Waals surface area contributed by atoms with Crippen LogP contribution < -0.4 is 10.6 Å². The van der Waals surface area contributed by atoms with E-state index >= 15 is 0 Å². The van der Waals surface area contributed by atoms with Gasteiger partial charge in [0.05, 0.1) is 5.69 Å². The van der Waals surface area contributed by atoms with Crippen LogP contribution in [-0.4, -0.2) is 18.2 Å². The lowest BCUT2D eigenvalue weighted by Crippen LogP contribution is -2.36. The van der Waals surface area contributed by atoms with Gasteiger partial charge in [0.2, 0.25) is 0 Å². The number of aryl methyl sites for hydroxylation is 2. The number of hydrogen-bond acceptors (Lipinski definition) is 3. The fraction of sp³-hybridized carbons (Fsp3) is 0.412. The Balaban J connectivity index is 1.98. The molecule has 2 N–H and O–H groups in total. The van der Waals surface area contributed by atoms with Crippen molar-refractivity contribution in [3.63, 3.8) is 0 Å². The summed E-state index contributed by atoms with van der Waals surface area (Å²) in [6, 6.07) is 4.87. The molecule has 2 rings (SSSR count). The summed E-state index contributed by atoms with van der Waals surface area (Å²) in [5.41, 5.74) is 2.59. The molecule has 0 amide bonds. The van der Waals surface area contributed by atoms with E-state index in [9.17, 15) is 4.39 Å². The van der Waals surface area contributed by atoms with Crippen molar-refractivity contribution in [2.45, 2.75) is 39.8 Å². The van der Waals surface area contributed by atoms with Crippen LogP contribution in [0.1, 0.15) is 36.4 Å². The summed E-state index contributed by atoms with van der Waals surface area (Å²) in [7, 11) is 1.68. The molecule has 2 aromatic rings. The Labute approximate surface area is 149 Å². The van der Waals surface area contributed by atoms with E-state index in [1.165, 1.54) is 6.07 Å². The van der Waals surface area contributed by atoms with Crippen LogP contribution in [0.2, 0.25) is 0 Å².